The van der Waals surface area contributed by atoms with E-state index >= 15 is 0 Å². The number of nitrogens with zero attached hydrogens (tertiary/aromatic N) is 2. The number of aliphatic hydroxyl groups excluding tert-OH is 1. The van der Waals surface area contributed by atoms with Gasteiger partial charge in [-0.05, 0) is 12.1 Å². The average Bonchev–Trinajstić information content (AvgIpc) is 2.77. The van der Waals surface area contributed by atoms with E-state index in [4.69, 9.17) is 11.6 Å². The van der Waals surface area contributed by atoms with Gasteiger partial charge in [-0.15, -0.1) is 0 Å². The number of fused-ring (bicyclic) bond motifs is 1. The monoisotopic (exact) mass is 272 g/mol. The first-order valence-electron chi connectivity index (χ1n) is 6.02. The molecule has 3 rings (SSSR count). The molecule has 1 unspecified atom stereocenters. The standard InChI is InChI=1S/C15H13ClN2O/c1-18-13-9-5-3-7-11(13)14(17-18)15(19)10-6-2-4-8-12(10)16/h2-9,15,19H,1H3. The number of rotatable bonds is 2. The highest BCUT2D eigenvalue weighted by Gasteiger charge is 2.19. The normalized spacial score (nSPS) is 12.8. The van der Waals surface area contributed by atoms with Crippen molar-refractivity contribution in [1.29, 1.82) is 0 Å². The fourth-order valence-corrected chi connectivity index (χ4v) is 2.53. The summed E-state index contributed by atoms with van der Waals surface area (Å²) in [6.45, 7) is 0. The van der Waals surface area contributed by atoms with Crippen molar-refractivity contribution >= 4 is 22.5 Å². The Balaban J connectivity index is 2.17. The second-order valence-corrected chi connectivity index (χ2v) is 4.86. The van der Waals surface area contributed by atoms with Crippen molar-refractivity contribution in [3.8, 4) is 0 Å². The van der Waals surface area contributed by atoms with Gasteiger partial charge in [0.1, 0.15) is 11.8 Å². The molecule has 0 bridgehead atoms. The molecule has 96 valence electrons. The lowest BCUT2D eigenvalue weighted by atomic mass is 10.0. The summed E-state index contributed by atoms with van der Waals surface area (Å²) in [5.41, 5.74) is 2.29. The Hall–Kier alpha value is -1.84. The van der Waals surface area contributed by atoms with Crippen LogP contribution in [-0.2, 0) is 7.05 Å². The third-order valence-corrected chi connectivity index (χ3v) is 3.59. The summed E-state index contributed by atoms with van der Waals surface area (Å²) in [4.78, 5) is 0. The van der Waals surface area contributed by atoms with E-state index in [1.54, 1.807) is 10.7 Å². The second-order valence-electron chi connectivity index (χ2n) is 4.45. The van der Waals surface area contributed by atoms with Gasteiger partial charge in [-0.1, -0.05) is 48.0 Å². The SMILES string of the molecule is Cn1nc(C(O)c2ccccc2Cl)c2ccccc21. The maximum atomic E-state index is 10.5. The van der Waals surface area contributed by atoms with Crippen molar-refractivity contribution in [2.45, 2.75) is 6.10 Å². The van der Waals surface area contributed by atoms with E-state index < -0.39 is 6.10 Å². The molecule has 1 aromatic heterocycles. The molecular formula is C15H13ClN2O. The zero-order chi connectivity index (χ0) is 13.4. The van der Waals surface area contributed by atoms with Gasteiger partial charge in [0.05, 0.1) is 5.52 Å². The zero-order valence-corrected chi connectivity index (χ0v) is 11.2. The second kappa shape index (κ2) is 4.68. The van der Waals surface area contributed by atoms with Gasteiger partial charge in [0.25, 0.3) is 0 Å². The number of aromatic nitrogens is 2. The Morgan fingerprint density at radius 1 is 1.11 bits per heavy atom. The largest absolute Gasteiger partial charge is 0.382 e. The molecule has 0 aliphatic carbocycles. The highest BCUT2D eigenvalue weighted by Crippen LogP contribution is 2.31. The summed E-state index contributed by atoms with van der Waals surface area (Å²) < 4.78 is 1.77. The summed E-state index contributed by atoms with van der Waals surface area (Å²) in [6, 6.07) is 15.1. The minimum Gasteiger partial charge on any atom is -0.382 e. The Bertz CT molecular complexity index is 736. The molecule has 2 aromatic carbocycles. The molecule has 0 amide bonds. The lowest BCUT2D eigenvalue weighted by molar-refractivity contribution is 0.216. The topological polar surface area (TPSA) is 38.0 Å². The van der Waals surface area contributed by atoms with Crippen molar-refractivity contribution in [3.63, 3.8) is 0 Å². The molecule has 3 nitrogen and oxygen atoms in total. The van der Waals surface area contributed by atoms with E-state index in [2.05, 4.69) is 5.10 Å². The van der Waals surface area contributed by atoms with Crippen molar-refractivity contribution in [3.05, 3.63) is 64.8 Å². The first-order chi connectivity index (χ1) is 9.18. The lowest BCUT2D eigenvalue weighted by Gasteiger charge is -2.10. The van der Waals surface area contributed by atoms with Crippen LogP contribution < -0.4 is 0 Å². The van der Waals surface area contributed by atoms with Crippen LogP contribution in [-0.4, -0.2) is 14.9 Å². The van der Waals surface area contributed by atoms with E-state index in [-0.39, 0.29) is 0 Å². The molecule has 1 heterocycles. The number of aryl methyl sites for hydroxylation is 1. The fraction of sp³-hybridized carbons (Fsp3) is 0.133. The van der Waals surface area contributed by atoms with Gasteiger partial charge in [-0.2, -0.15) is 5.10 Å². The number of hydrogen-bond acceptors (Lipinski definition) is 2. The third kappa shape index (κ3) is 2.01. The van der Waals surface area contributed by atoms with Gasteiger partial charge in [0, 0.05) is 23.0 Å². The van der Waals surface area contributed by atoms with Crippen molar-refractivity contribution in [2.75, 3.05) is 0 Å². The molecule has 19 heavy (non-hydrogen) atoms. The number of para-hydroxylation sites is 1. The van der Waals surface area contributed by atoms with Crippen LogP contribution in [0.5, 0.6) is 0 Å². The third-order valence-electron chi connectivity index (χ3n) is 3.25. The molecule has 1 atom stereocenters. The highest BCUT2D eigenvalue weighted by molar-refractivity contribution is 6.31. The predicted octanol–water partition coefficient (Wildman–Crippen LogP) is 3.31. The van der Waals surface area contributed by atoms with Gasteiger partial charge in [-0.25, -0.2) is 0 Å². The molecule has 4 heteroatoms. The molecule has 0 aliphatic heterocycles. The van der Waals surface area contributed by atoms with Gasteiger partial charge in [0.2, 0.25) is 0 Å². The summed E-state index contributed by atoms with van der Waals surface area (Å²) in [6.07, 6.45) is -0.820. The van der Waals surface area contributed by atoms with Crippen LogP contribution in [0.15, 0.2) is 48.5 Å². The van der Waals surface area contributed by atoms with Crippen molar-refractivity contribution < 1.29 is 5.11 Å². The Morgan fingerprint density at radius 3 is 2.58 bits per heavy atom. The Kier molecular flexibility index (Phi) is 3.01. The van der Waals surface area contributed by atoms with E-state index in [1.807, 2.05) is 49.5 Å². The van der Waals surface area contributed by atoms with Crippen LogP contribution in [0.4, 0.5) is 0 Å². The fourth-order valence-electron chi connectivity index (χ4n) is 2.29. The minimum atomic E-state index is -0.820. The molecule has 3 aromatic rings. The number of hydrogen-bond donors (Lipinski definition) is 1. The summed E-state index contributed by atoms with van der Waals surface area (Å²) in [5.74, 6) is 0. The van der Waals surface area contributed by atoms with Gasteiger partial charge in [0.15, 0.2) is 0 Å². The molecular weight excluding hydrogens is 260 g/mol. The predicted molar refractivity (Wildman–Crippen MR) is 76.2 cm³/mol. The lowest BCUT2D eigenvalue weighted by Crippen LogP contribution is -2.02. The maximum Gasteiger partial charge on any atom is 0.125 e. The minimum absolute atomic E-state index is 0.546. The number of halogens is 1. The van der Waals surface area contributed by atoms with Crippen LogP contribution in [0.2, 0.25) is 5.02 Å². The Morgan fingerprint density at radius 2 is 1.79 bits per heavy atom. The van der Waals surface area contributed by atoms with E-state index in [1.165, 1.54) is 0 Å². The summed E-state index contributed by atoms with van der Waals surface area (Å²) in [7, 11) is 1.87. The quantitative estimate of drug-likeness (QED) is 0.777. The van der Waals surface area contributed by atoms with Crippen LogP contribution in [0.3, 0.4) is 0 Å². The number of benzene rings is 2. The van der Waals surface area contributed by atoms with E-state index in [0.29, 0.717) is 16.3 Å². The van der Waals surface area contributed by atoms with Crippen molar-refractivity contribution in [2.24, 2.45) is 7.05 Å². The van der Waals surface area contributed by atoms with Crippen molar-refractivity contribution in [1.82, 2.24) is 9.78 Å². The smallest absolute Gasteiger partial charge is 0.125 e. The Labute approximate surface area is 116 Å². The zero-order valence-electron chi connectivity index (χ0n) is 10.4. The van der Waals surface area contributed by atoms with Crippen LogP contribution in [0, 0.1) is 0 Å². The molecule has 0 fully saturated rings. The average molecular weight is 273 g/mol. The van der Waals surface area contributed by atoms with Crippen LogP contribution >= 0.6 is 11.6 Å². The van der Waals surface area contributed by atoms with Gasteiger partial charge >= 0.3 is 0 Å². The molecule has 0 saturated carbocycles. The highest BCUT2D eigenvalue weighted by atomic mass is 35.5. The van der Waals surface area contributed by atoms with Gasteiger partial charge < -0.3 is 5.11 Å². The molecule has 1 N–H and O–H groups in total. The molecule has 0 spiro atoms. The first-order valence-corrected chi connectivity index (χ1v) is 6.40. The van der Waals surface area contributed by atoms with Crippen LogP contribution in [0.25, 0.3) is 10.9 Å². The van der Waals surface area contributed by atoms with Gasteiger partial charge in [-0.3, -0.25) is 4.68 Å². The van der Waals surface area contributed by atoms with E-state index in [9.17, 15) is 5.11 Å². The summed E-state index contributed by atoms with van der Waals surface area (Å²) >= 11 is 6.13. The molecule has 0 aliphatic rings. The van der Waals surface area contributed by atoms with Crippen LogP contribution in [0.1, 0.15) is 17.4 Å². The van der Waals surface area contributed by atoms with E-state index in [0.717, 1.165) is 10.9 Å². The first kappa shape index (κ1) is 12.2. The molecule has 0 radical (unpaired) electrons. The molecule has 0 saturated heterocycles. The summed E-state index contributed by atoms with van der Waals surface area (Å²) in [5, 5.41) is 16.4. The number of aliphatic hydroxyl groups is 1. The maximum absolute atomic E-state index is 10.5.